The van der Waals surface area contributed by atoms with Gasteiger partial charge in [0.1, 0.15) is 11.5 Å². The van der Waals surface area contributed by atoms with Crippen LogP contribution in [-0.2, 0) is 11.3 Å². The number of hydrogen-bond acceptors (Lipinski definition) is 4. The Balaban J connectivity index is 2.04. The van der Waals surface area contributed by atoms with Crippen LogP contribution in [0.4, 0.5) is 0 Å². The molecule has 0 aromatic heterocycles. The second-order valence-electron chi connectivity index (χ2n) is 5.35. The van der Waals surface area contributed by atoms with Gasteiger partial charge in [-0.25, -0.2) is 0 Å². The fraction of sp³-hybridized carbons (Fsp3) is 0.533. The van der Waals surface area contributed by atoms with E-state index in [1.165, 1.54) is 0 Å². The zero-order chi connectivity index (χ0) is 14.6. The zero-order valence-electron chi connectivity index (χ0n) is 12.3. The van der Waals surface area contributed by atoms with E-state index < -0.39 is 0 Å². The molecule has 5 heteroatoms. The van der Waals surface area contributed by atoms with Gasteiger partial charge >= 0.3 is 0 Å². The van der Waals surface area contributed by atoms with Crippen molar-refractivity contribution in [2.75, 3.05) is 27.3 Å². The largest absolute Gasteiger partial charge is 0.497 e. The molecule has 0 radical (unpaired) electrons. The molecule has 0 saturated carbocycles. The molecule has 1 heterocycles. The molecule has 5 nitrogen and oxygen atoms in total. The number of carbonyl (C=O) groups is 1. The third kappa shape index (κ3) is 3.04. The standard InChI is InChI=1S/C15H22N2O3/c1-15(6-7-16-10-15)14(18)17-9-11-8-12(19-2)4-5-13(11)20-3/h4-5,8,16H,6-7,9-10H2,1-3H3,(H,17,18). The minimum atomic E-state index is -0.313. The molecule has 0 spiro atoms. The van der Waals surface area contributed by atoms with Crippen LogP contribution in [0.2, 0.25) is 0 Å². The topological polar surface area (TPSA) is 59.6 Å². The zero-order valence-corrected chi connectivity index (χ0v) is 12.3. The van der Waals surface area contributed by atoms with Crippen molar-refractivity contribution in [2.24, 2.45) is 5.41 Å². The molecule has 1 saturated heterocycles. The van der Waals surface area contributed by atoms with Crippen molar-refractivity contribution in [3.05, 3.63) is 23.8 Å². The summed E-state index contributed by atoms with van der Waals surface area (Å²) in [4.78, 5) is 12.3. The second kappa shape index (κ2) is 6.13. The molecule has 20 heavy (non-hydrogen) atoms. The summed E-state index contributed by atoms with van der Waals surface area (Å²) in [6.07, 6.45) is 0.869. The lowest BCUT2D eigenvalue weighted by atomic mass is 9.89. The minimum Gasteiger partial charge on any atom is -0.497 e. The highest BCUT2D eigenvalue weighted by molar-refractivity contribution is 5.82. The van der Waals surface area contributed by atoms with Gasteiger partial charge in [-0.05, 0) is 38.1 Å². The molecule has 1 aliphatic rings. The van der Waals surface area contributed by atoms with Crippen molar-refractivity contribution in [1.82, 2.24) is 10.6 Å². The van der Waals surface area contributed by atoms with Crippen molar-refractivity contribution in [1.29, 1.82) is 0 Å². The van der Waals surface area contributed by atoms with Gasteiger partial charge in [-0.2, -0.15) is 0 Å². The number of amides is 1. The van der Waals surface area contributed by atoms with Crippen molar-refractivity contribution >= 4 is 5.91 Å². The lowest BCUT2D eigenvalue weighted by Crippen LogP contribution is -2.40. The van der Waals surface area contributed by atoms with Crippen molar-refractivity contribution in [3.63, 3.8) is 0 Å². The van der Waals surface area contributed by atoms with E-state index >= 15 is 0 Å². The van der Waals surface area contributed by atoms with Crippen molar-refractivity contribution in [3.8, 4) is 11.5 Å². The lowest BCUT2D eigenvalue weighted by molar-refractivity contribution is -0.129. The highest BCUT2D eigenvalue weighted by Crippen LogP contribution is 2.26. The van der Waals surface area contributed by atoms with Gasteiger partial charge in [0.05, 0.1) is 19.6 Å². The van der Waals surface area contributed by atoms with Gasteiger partial charge in [-0.15, -0.1) is 0 Å². The number of rotatable bonds is 5. The van der Waals surface area contributed by atoms with E-state index in [-0.39, 0.29) is 11.3 Å². The Kier molecular flexibility index (Phi) is 4.49. The average Bonchev–Trinajstić information content (AvgIpc) is 2.92. The molecule has 2 N–H and O–H groups in total. The highest BCUT2D eigenvalue weighted by atomic mass is 16.5. The van der Waals surface area contributed by atoms with E-state index in [0.717, 1.165) is 36.6 Å². The molecule has 1 aromatic rings. The van der Waals surface area contributed by atoms with Crippen LogP contribution in [0, 0.1) is 5.41 Å². The number of methoxy groups -OCH3 is 2. The van der Waals surface area contributed by atoms with E-state index in [1.54, 1.807) is 14.2 Å². The highest BCUT2D eigenvalue weighted by Gasteiger charge is 2.36. The molecule has 2 rings (SSSR count). The van der Waals surface area contributed by atoms with Crippen LogP contribution in [0.15, 0.2) is 18.2 Å². The predicted octanol–water partition coefficient (Wildman–Crippen LogP) is 1.32. The Morgan fingerprint density at radius 3 is 2.80 bits per heavy atom. The summed E-state index contributed by atoms with van der Waals surface area (Å²) < 4.78 is 10.5. The first-order valence-electron chi connectivity index (χ1n) is 6.79. The van der Waals surface area contributed by atoms with Gasteiger partial charge in [0.15, 0.2) is 0 Å². The molecule has 1 fully saturated rings. The number of carbonyl (C=O) groups excluding carboxylic acids is 1. The first kappa shape index (κ1) is 14.7. The summed E-state index contributed by atoms with van der Waals surface area (Å²) in [6.45, 7) is 4.06. The Morgan fingerprint density at radius 2 is 2.20 bits per heavy atom. The maximum Gasteiger partial charge on any atom is 0.227 e. The normalized spacial score (nSPS) is 21.6. The van der Waals surface area contributed by atoms with E-state index in [0.29, 0.717) is 6.54 Å². The van der Waals surface area contributed by atoms with Gasteiger partial charge in [-0.3, -0.25) is 4.79 Å². The quantitative estimate of drug-likeness (QED) is 0.853. The van der Waals surface area contributed by atoms with Crippen LogP contribution in [0.5, 0.6) is 11.5 Å². The Bertz CT molecular complexity index is 482. The Hall–Kier alpha value is -1.75. The fourth-order valence-electron chi connectivity index (χ4n) is 2.42. The predicted molar refractivity (Wildman–Crippen MR) is 77.0 cm³/mol. The van der Waals surface area contributed by atoms with Gasteiger partial charge in [0, 0.05) is 18.7 Å². The van der Waals surface area contributed by atoms with Gasteiger partial charge in [0.25, 0.3) is 0 Å². The second-order valence-corrected chi connectivity index (χ2v) is 5.35. The summed E-state index contributed by atoms with van der Waals surface area (Å²) in [5.41, 5.74) is 0.598. The first-order valence-corrected chi connectivity index (χ1v) is 6.79. The summed E-state index contributed by atoms with van der Waals surface area (Å²) in [5, 5.41) is 6.22. The maximum atomic E-state index is 12.3. The molecular formula is C15H22N2O3. The SMILES string of the molecule is COc1ccc(OC)c(CNC(=O)C2(C)CCNC2)c1. The molecule has 1 unspecified atom stereocenters. The Morgan fingerprint density at radius 1 is 1.40 bits per heavy atom. The van der Waals surface area contributed by atoms with Gasteiger partial charge < -0.3 is 20.1 Å². The maximum absolute atomic E-state index is 12.3. The van der Waals surface area contributed by atoms with Crippen LogP contribution in [0.25, 0.3) is 0 Å². The minimum absolute atomic E-state index is 0.0763. The third-order valence-electron chi connectivity index (χ3n) is 3.84. The van der Waals surface area contributed by atoms with Gasteiger partial charge in [-0.1, -0.05) is 0 Å². The summed E-state index contributed by atoms with van der Waals surface area (Å²) in [5.74, 6) is 1.58. The summed E-state index contributed by atoms with van der Waals surface area (Å²) in [7, 11) is 3.24. The summed E-state index contributed by atoms with van der Waals surface area (Å²) in [6, 6.07) is 5.57. The summed E-state index contributed by atoms with van der Waals surface area (Å²) >= 11 is 0. The molecule has 1 aromatic carbocycles. The van der Waals surface area contributed by atoms with Crippen molar-refractivity contribution < 1.29 is 14.3 Å². The number of nitrogens with one attached hydrogen (secondary N) is 2. The van der Waals surface area contributed by atoms with E-state index in [1.807, 2.05) is 25.1 Å². The molecular weight excluding hydrogens is 256 g/mol. The van der Waals surface area contributed by atoms with Crippen LogP contribution >= 0.6 is 0 Å². The first-order chi connectivity index (χ1) is 9.59. The number of ether oxygens (including phenoxy) is 2. The molecule has 1 amide bonds. The fourth-order valence-corrected chi connectivity index (χ4v) is 2.42. The number of benzene rings is 1. The van der Waals surface area contributed by atoms with Crippen LogP contribution in [-0.4, -0.2) is 33.2 Å². The monoisotopic (exact) mass is 278 g/mol. The van der Waals surface area contributed by atoms with E-state index in [4.69, 9.17) is 9.47 Å². The molecule has 1 aliphatic heterocycles. The molecule has 110 valence electrons. The van der Waals surface area contributed by atoms with E-state index in [2.05, 4.69) is 10.6 Å². The smallest absolute Gasteiger partial charge is 0.227 e. The van der Waals surface area contributed by atoms with E-state index in [9.17, 15) is 4.79 Å². The van der Waals surface area contributed by atoms with Crippen molar-refractivity contribution in [2.45, 2.75) is 19.9 Å². The van der Waals surface area contributed by atoms with Crippen LogP contribution in [0.3, 0.4) is 0 Å². The average molecular weight is 278 g/mol. The molecule has 1 atom stereocenters. The van der Waals surface area contributed by atoms with Crippen LogP contribution in [0.1, 0.15) is 18.9 Å². The lowest BCUT2D eigenvalue weighted by Gasteiger charge is -2.22. The van der Waals surface area contributed by atoms with Gasteiger partial charge in [0.2, 0.25) is 5.91 Å². The van der Waals surface area contributed by atoms with Crippen LogP contribution < -0.4 is 20.1 Å². The number of hydrogen-bond donors (Lipinski definition) is 2. The Labute approximate surface area is 119 Å². The third-order valence-corrected chi connectivity index (χ3v) is 3.84. The molecule has 0 aliphatic carbocycles. The molecule has 0 bridgehead atoms.